The van der Waals surface area contributed by atoms with Crippen LogP contribution in [-0.2, 0) is 11.3 Å². The maximum Gasteiger partial charge on any atom is 0.407 e. The molecule has 0 aromatic heterocycles. The summed E-state index contributed by atoms with van der Waals surface area (Å²) in [5.41, 5.74) is 5.60. The van der Waals surface area contributed by atoms with Crippen LogP contribution in [-0.4, -0.2) is 31.0 Å². The minimum absolute atomic E-state index is 0.0355. The topological polar surface area (TPSA) is 67.8 Å². The molecule has 0 fully saturated rings. The van der Waals surface area contributed by atoms with E-state index in [0.29, 0.717) is 5.75 Å². The number of alkyl carbamates (subject to hydrolysis) is 1. The number of carbonyl (C=O) groups is 1. The Kier molecular flexibility index (Phi) is 5.77. The summed E-state index contributed by atoms with van der Waals surface area (Å²) in [5.74, 6) is 0.675. The third-order valence-electron chi connectivity index (χ3n) is 5.09. The van der Waals surface area contributed by atoms with Crippen LogP contribution < -0.4 is 10.1 Å². The van der Waals surface area contributed by atoms with Crippen molar-refractivity contribution in [2.24, 2.45) is 0 Å². The summed E-state index contributed by atoms with van der Waals surface area (Å²) in [6.07, 6.45) is -0.469. The number of nitrogens with one attached hydrogen (secondary N) is 1. The van der Waals surface area contributed by atoms with Crippen molar-refractivity contribution in [3.8, 4) is 16.9 Å². The van der Waals surface area contributed by atoms with E-state index in [1.165, 1.54) is 22.3 Å². The summed E-state index contributed by atoms with van der Waals surface area (Å²) in [7, 11) is 0. The second kappa shape index (κ2) is 8.80. The van der Waals surface area contributed by atoms with E-state index in [1.54, 1.807) is 0 Å². The molecule has 0 unspecified atom stereocenters. The van der Waals surface area contributed by atoms with Gasteiger partial charge in [0.2, 0.25) is 0 Å². The SMILES string of the molecule is O=C(NCc1ccccc1OCCO)OCC1c2ccccc2-c2ccccc21. The highest BCUT2D eigenvalue weighted by atomic mass is 16.5. The minimum atomic E-state index is -0.469. The van der Waals surface area contributed by atoms with Gasteiger partial charge in [0.1, 0.15) is 19.0 Å². The number of rotatable bonds is 7. The standard InChI is InChI=1S/C24H23NO4/c26-13-14-28-23-12-6-1-7-17(23)15-25-24(27)29-16-22-20-10-4-2-8-18(20)19-9-3-5-11-21(19)22/h1-12,22,26H,13-16H2,(H,25,27). The third-order valence-corrected chi connectivity index (χ3v) is 5.09. The molecule has 1 aliphatic carbocycles. The van der Waals surface area contributed by atoms with Crippen molar-refractivity contribution < 1.29 is 19.4 Å². The summed E-state index contributed by atoms with van der Waals surface area (Å²) in [4.78, 5) is 12.3. The van der Waals surface area contributed by atoms with E-state index in [0.717, 1.165) is 5.56 Å². The number of fused-ring (bicyclic) bond motifs is 3. The van der Waals surface area contributed by atoms with Gasteiger partial charge in [-0.05, 0) is 28.3 Å². The van der Waals surface area contributed by atoms with E-state index in [2.05, 4.69) is 29.6 Å². The van der Waals surface area contributed by atoms with E-state index in [4.69, 9.17) is 14.6 Å². The lowest BCUT2D eigenvalue weighted by molar-refractivity contribution is 0.142. The fourth-order valence-electron chi connectivity index (χ4n) is 3.76. The molecular formula is C24H23NO4. The molecule has 0 aliphatic heterocycles. The van der Waals surface area contributed by atoms with Crippen molar-refractivity contribution in [2.45, 2.75) is 12.5 Å². The van der Waals surface area contributed by atoms with Gasteiger partial charge in [-0.1, -0.05) is 66.7 Å². The number of hydrogen-bond acceptors (Lipinski definition) is 4. The van der Waals surface area contributed by atoms with Gasteiger partial charge in [0.05, 0.1) is 6.61 Å². The second-order valence-corrected chi connectivity index (χ2v) is 6.86. The zero-order valence-electron chi connectivity index (χ0n) is 16.0. The maximum absolute atomic E-state index is 12.3. The Morgan fingerprint density at radius 1 is 0.897 bits per heavy atom. The zero-order chi connectivity index (χ0) is 20.1. The Balaban J connectivity index is 1.39. The quantitative estimate of drug-likeness (QED) is 0.639. The average molecular weight is 389 g/mol. The number of amides is 1. The van der Waals surface area contributed by atoms with Crippen molar-refractivity contribution in [2.75, 3.05) is 19.8 Å². The van der Waals surface area contributed by atoms with E-state index in [-0.39, 0.29) is 32.3 Å². The number of aliphatic hydroxyl groups excluding tert-OH is 1. The van der Waals surface area contributed by atoms with Gasteiger partial charge in [0.15, 0.2) is 0 Å². The number of para-hydroxylation sites is 1. The molecule has 29 heavy (non-hydrogen) atoms. The van der Waals surface area contributed by atoms with Crippen LogP contribution in [0.15, 0.2) is 72.8 Å². The fourth-order valence-corrected chi connectivity index (χ4v) is 3.76. The molecule has 3 aromatic rings. The molecule has 2 N–H and O–H groups in total. The smallest absolute Gasteiger partial charge is 0.407 e. The van der Waals surface area contributed by atoms with Crippen molar-refractivity contribution >= 4 is 6.09 Å². The molecule has 1 aliphatic rings. The highest BCUT2D eigenvalue weighted by Crippen LogP contribution is 2.44. The van der Waals surface area contributed by atoms with Crippen molar-refractivity contribution in [3.63, 3.8) is 0 Å². The molecule has 0 saturated heterocycles. The molecule has 5 nitrogen and oxygen atoms in total. The Labute approximate surface area is 169 Å². The van der Waals surface area contributed by atoms with Gasteiger partial charge in [0.25, 0.3) is 0 Å². The first-order valence-corrected chi connectivity index (χ1v) is 9.68. The van der Waals surface area contributed by atoms with Gasteiger partial charge in [-0.3, -0.25) is 0 Å². The first-order chi connectivity index (χ1) is 14.3. The number of benzene rings is 3. The highest BCUT2D eigenvalue weighted by Gasteiger charge is 2.28. The van der Waals surface area contributed by atoms with Crippen LogP contribution in [0.4, 0.5) is 4.79 Å². The number of ether oxygens (including phenoxy) is 2. The van der Waals surface area contributed by atoms with Crippen LogP contribution in [0.25, 0.3) is 11.1 Å². The zero-order valence-corrected chi connectivity index (χ0v) is 16.0. The first-order valence-electron chi connectivity index (χ1n) is 9.68. The lowest BCUT2D eigenvalue weighted by atomic mass is 9.98. The van der Waals surface area contributed by atoms with Gasteiger partial charge < -0.3 is 19.9 Å². The Morgan fingerprint density at radius 3 is 2.21 bits per heavy atom. The second-order valence-electron chi connectivity index (χ2n) is 6.86. The van der Waals surface area contributed by atoms with Gasteiger partial charge >= 0.3 is 6.09 Å². The van der Waals surface area contributed by atoms with Gasteiger partial charge in [-0.2, -0.15) is 0 Å². The molecule has 5 heteroatoms. The molecule has 1 amide bonds. The molecular weight excluding hydrogens is 366 g/mol. The molecule has 0 heterocycles. The fraction of sp³-hybridized carbons (Fsp3) is 0.208. The van der Waals surface area contributed by atoms with E-state index in [1.807, 2.05) is 48.5 Å². The van der Waals surface area contributed by atoms with E-state index >= 15 is 0 Å². The average Bonchev–Trinajstić information content (AvgIpc) is 3.09. The van der Waals surface area contributed by atoms with Crippen LogP contribution >= 0.6 is 0 Å². The number of hydrogen-bond donors (Lipinski definition) is 2. The summed E-state index contributed by atoms with van der Waals surface area (Å²) in [5, 5.41) is 11.7. The monoisotopic (exact) mass is 389 g/mol. The van der Waals surface area contributed by atoms with Crippen molar-refractivity contribution in [1.29, 1.82) is 0 Å². The summed E-state index contributed by atoms with van der Waals surface area (Å²) in [6, 6.07) is 23.9. The normalized spacial score (nSPS) is 12.2. The predicted molar refractivity (Wildman–Crippen MR) is 111 cm³/mol. The van der Waals surface area contributed by atoms with Crippen LogP contribution in [0.1, 0.15) is 22.6 Å². The highest BCUT2D eigenvalue weighted by molar-refractivity contribution is 5.79. The third kappa shape index (κ3) is 4.10. The molecule has 3 aromatic carbocycles. The molecule has 0 spiro atoms. The van der Waals surface area contributed by atoms with Crippen LogP contribution in [0.2, 0.25) is 0 Å². The predicted octanol–water partition coefficient (Wildman–Crippen LogP) is 4.10. The van der Waals surface area contributed by atoms with Crippen LogP contribution in [0, 0.1) is 0 Å². The minimum Gasteiger partial charge on any atom is -0.491 e. The maximum atomic E-state index is 12.3. The molecule has 0 atom stereocenters. The van der Waals surface area contributed by atoms with E-state index in [9.17, 15) is 4.79 Å². The number of carbonyl (C=O) groups excluding carboxylic acids is 1. The largest absolute Gasteiger partial charge is 0.491 e. The summed E-state index contributed by atoms with van der Waals surface area (Å²) >= 11 is 0. The first kappa shape index (κ1) is 19.0. The van der Waals surface area contributed by atoms with Crippen molar-refractivity contribution in [3.05, 3.63) is 89.5 Å². The number of aliphatic hydroxyl groups is 1. The Bertz CT molecular complexity index is 956. The van der Waals surface area contributed by atoms with Gasteiger partial charge in [-0.25, -0.2) is 4.79 Å². The van der Waals surface area contributed by atoms with Crippen LogP contribution in [0.5, 0.6) is 5.75 Å². The van der Waals surface area contributed by atoms with Crippen LogP contribution in [0.3, 0.4) is 0 Å². The summed E-state index contributed by atoms with van der Waals surface area (Å²) in [6.45, 7) is 0.719. The molecule has 148 valence electrons. The molecule has 0 bridgehead atoms. The molecule has 0 saturated carbocycles. The van der Waals surface area contributed by atoms with Gasteiger partial charge in [-0.15, -0.1) is 0 Å². The van der Waals surface area contributed by atoms with E-state index < -0.39 is 6.09 Å². The Hall–Kier alpha value is -3.31. The van der Waals surface area contributed by atoms with Gasteiger partial charge in [0, 0.05) is 18.0 Å². The Morgan fingerprint density at radius 2 is 1.52 bits per heavy atom. The lowest BCUT2D eigenvalue weighted by Crippen LogP contribution is -2.26. The summed E-state index contributed by atoms with van der Waals surface area (Å²) < 4.78 is 11.0. The molecule has 4 rings (SSSR count). The molecule has 0 radical (unpaired) electrons. The van der Waals surface area contributed by atoms with Crippen molar-refractivity contribution in [1.82, 2.24) is 5.32 Å². The lowest BCUT2D eigenvalue weighted by Gasteiger charge is -2.15.